The molecule has 0 aliphatic carbocycles. The molecule has 4 rings (SSSR count). The van der Waals surface area contributed by atoms with Gasteiger partial charge in [-0.1, -0.05) is 18.2 Å². The maximum Gasteiger partial charge on any atom is 0.228 e. The third kappa shape index (κ3) is 3.92. The number of anilines is 3. The minimum Gasteiger partial charge on any atom is -0.346 e. The average Bonchev–Trinajstić information content (AvgIpc) is 3.13. The second-order valence-electron chi connectivity index (χ2n) is 6.02. The summed E-state index contributed by atoms with van der Waals surface area (Å²) >= 11 is 0. The highest BCUT2D eigenvalue weighted by atomic mass is 19.1. The second kappa shape index (κ2) is 7.25. The van der Waals surface area contributed by atoms with Gasteiger partial charge in [-0.05, 0) is 42.0 Å². The van der Waals surface area contributed by atoms with Crippen molar-refractivity contribution in [2.45, 2.75) is 6.42 Å². The SMILES string of the molecule is O=C(Cc1ccc(Nc2ncnc3[nH]ccc23)cc1)Nc1cccc(F)c1. The van der Waals surface area contributed by atoms with Crippen LogP contribution in [0.2, 0.25) is 0 Å². The Morgan fingerprint density at radius 3 is 2.70 bits per heavy atom. The van der Waals surface area contributed by atoms with Crippen molar-refractivity contribution in [3.05, 3.63) is 78.5 Å². The summed E-state index contributed by atoms with van der Waals surface area (Å²) in [5.41, 5.74) is 2.91. The van der Waals surface area contributed by atoms with Gasteiger partial charge in [-0.15, -0.1) is 0 Å². The van der Waals surface area contributed by atoms with E-state index in [-0.39, 0.29) is 18.1 Å². The maximum atomic E-state index is 13.2. The van der Waals surface area contributed by atoms with Crippen molar-refractivity contribution in [1.82, 2.24) is 15.0 Å². The summed E-state index contributed by atoms with van der Waals surface area (Å²) in [4.78, 5) is 23.6. The summed E-state index contributed by atoms with van der Waals surface area (Å²) in [6.07, 6.45) is 3.50. The zero-order valence-electron chi connectivity index (χ0n) is 14.2. The summed E-state index contributed by atoms with van der Waals surface area (Å²) in [5.74, 6) is 0.119. The summed E-state index contributed by atoms with van der Waals surface area (Å²) in [5, 5.41) is 6.83. The molecule has 0 aliphatic rings. The number of H-pyrrole nitrogens is 1. The van der Waals surface area contributed by atoms with Gasteiger partial charge in [0.1, 0.15) is 23.6 Å². The summed E-state index contributed by atoms with van der Waals surface area (Å²) < 4.78 is 13.2. The third-order valence-corrected chi connectivity index (χ3v) is 4.04. The minimum atomic E-state index is -0.385. The molecule has 0 saturated carbocycles. The topological polar surface area (TPSA) is 82.7 Å². The molecule has 2 aromatic heterocycles. The van der Waals surface area contributed by atoms with E-state index in [1.165, 1.54) is 18.5 Å². The smallest absolute Gasteiger partial charge is 0.228 e. The highest BCUT2D eigenvalue weighted by Crippen LogP contribution is 2.22. The Balaban J connectivity index is 1.41. The Hall–Kier alpha value is -3.74. The van der Waals surface area contributed by atoms with Gasteiger partial charge in [-0.3, -0.25) is 4.79 Å². The molecular formula is C20H16FN5O. The first-order valence-corrected chi connectivity index (χ1v) is 8.37. The normalized spacial score (nSPS) is 10.7. The number of hydrogen-bond acceptors (Lipinski definition) is 4. The van der Waals surface area contributed by atoms with Crippen LogP contribution in [-0.4, -0.2) is 20.9 Å². The molecule has 0 bridgehead atoms. The van der Waals surface area contributed by atoms with Crippen LogP contribution in [0.3, 0.4) is 0 Å². The fourth-order valence-corrected chi connectivity index (χ4v) is 2.77. The predicted octanol–water partition coefficient (Wildman–Crippen LogP) is 4.02. The van der Waals surface area contributed by atoms with E-state index in [9.17, 15) is 9.18 Å². The molecule has 3 N–H and O–H groups in total. The number of nitrogens with one attached hydrogen (secondary N) is 3. The highest BCUT2D eigenvalue weighted by molar-refractivity contribution is 5.92. The number of amides is 1. The van der Waals surface area contributed by atoms with Gasteiger partial charge in [-0.25, -0.2) is 14.4 Å². The number of carbonyl (C=O) groups is 1. The van der Waals surface area contributed by atoms with E-state index in [2.05, 4.69) is 25.6 Å². The molecule has 6 nitrogen and oxygen atoms in total. The van der Waals surface area contributed by atoms with E-state index in [1.807, 2.05) is 36.5 Å². The largest absolute Gasteiger partial charge is 0.346 e. The van der Waals surface area contributed by atoms with E-state index in [1.54, 1.807) is 12.1 Å². The van der Waals surface area contributed by atoms with Crippen molar-refractivity contribution in [3.8, 4) is 0 Å². The van der Waals surface area contributed by atoms with E-state index in [4.69, 9.17) is 0 Å². The van der Waals surface area contributed by atoms with Crippen LogP contribution in [0.1, 0.15) is 5.56 Å². The quantitative estimate of drug-likeness (QED) is 0.501. The molecule has 0 radical (unpaired) electrons. The molecule has 27 heavy (non-hydrogen) atoms. The molecule has 0 aliphatic heterocycles. The molecule has 2 aromatic carbocycles. The Morgan fingerprint density at radius 1 is 1.04 bits per heavy atom. The minimum absolute atomic E-state index is 0.201. The number of fused-ring (bicyclic) bond motifs is 1. The van der Waals surface area contributed by atoms with Gasteiger partial charge in [0.05, 0.1) is 11.8 Å². The van der Waals surface area contributed by atoms with Crippen LogP contribution in [0.25, 0.3) is 11.0 Å². The number of aromatic amines is 1. The molecule has 7 heteroatoms. The van der Waals surface area contributed by atoms with Gasteiger partial charge in [0.2, 0.25) is 5.91 Å². The molecule has 0 saturated heterocycles. The standard InChI is InChI=1S/C20H16FN5O/c21-14-2-1-3-16(11-14)25-18(27)10-13-4-6-15(7-5-13)26-20-17-8-9-22-19(17)23-12-24-20/h1-9,11-12H,10H2,(H,25,27)(H2,22,23,24,26). The van der Waals surface area contributed by atoms with Crippen LogP contribution in [0.4, 0.5) is 21.6 Å². The zero-order chi connectivity index (χ0) is 18.6. The lowest BCUT2D eigenvalue weighted by Gasteiger charge is -2.08. The van der Waals surface area contributed by atoms with Gasteiger partial charge in [-0.2, -0.15) is 0 Å². The summed E-state index contributed by atoms with van der Waals surface area (Å²) in [7, 11) is 0. The number of nitrogens with zero attached hydrogens (tertiary/aromatic N) is 2. The lowest BCUT2D eigenvalue weighted by atomic mass is 10.1. The average molecular weight is 361 g/mol. The van der Waals surface area contributed by atoms with Crippen LogP contribution >= 0.6 is 0 Å². The number of rotatable bonds is 5. The van der Waals surface area contributed by atoms with Crippen molar-refractivity contribution in [1.29, 1.82) is 0 Å². The first-order valence-electron chi connectivity index (χ1n) is 8.37. The van der Waals surface area contributed by atoms with Crippen LogP contribution in [0.15, 0.2) is 67.1 Å². The first kappa shape index (κ1) is 16.7. The van der Waals surface area contributed by atoms with Crippen LogP contribution in [0.5, 0.6) is 0 Å². The van der Waals surface area contributed by atoms with Gasteiger partial charge < -0.3 is 15.6 Å². The van der Waals surface area contributed by atoms with E-state index >= 15 is 0 Å². The molecule has 2 heterocycles. The lowest BCUT2D eigenvalue weighted by Crippen LogP contribution is -2.14. The molecule has 1 amide bonds. The Bertz CT molecular complexity index is 1090. The molecule has 0 spiro atoms. The zero-order valence-corrected chi connectivity index (χ0v) is 14.2. The number of carbonyl (C=O) groups excluding carboxylic acids is 1. The summed E-state index contributed by atoms with van der Waals surface area (Å²) in [6, 6.07) is 15.2. The van der Waals surface area contributed by atoms with Crippen molar-refractivity contribution in [3.63, 3.8) is 0 Å². The van der Waals surface area contributed by atoms with Crippen LogP contribution < -0.4 is 10.6 Å². The molecule has 4 aromatic rings. The van der Waals surface area contributed by atoms with Crippen LogP contribution in [-0.2, 0) is 11.2 Å². The number of benzene rings is 2. The molecule has 134 valence electrons. The Labute approximate surface area is 154 Å². The van der Waals surface area contributed by atoms with Crippen molar-refractivity contribution in [2.24, 2.45) is 0 Å². The van der Waals surface area contributed by atoms with Gasteiger partial charge >= 0.3 is 0 Å². The number of aromatic nitrogens is 3. The second-order valence-corrected chi connectivity index (χ2v) is 6.02. The fraction of sp³-hybridized carbons (Fsp3) is 0.0500. The van der Waals surface area contributed by atoms with E-state index in [0.717, 1.165) is 22.3 Å². The van der Waals surface area contributed by atoms with Crippen LogP contribution in [0, 0.1) is 5.82 Å². The van der Waals surface area contributed by atoms with Crippen molar-refractivity contribution >= 4 is 34.1 Å². The summed E-state index contributed by atoms with van der Waals surface area (Å²) in [6.45, 7) is 0. The predicted molar refractivity (Wildman–Crippen MR) is 102 cm³/mol. The van der Waals surface area contributed by atoms with Crippen molar-refractivity contribution in [2.75, 3.05) is 10.6 Å². The Kier molecular flexibility index (Phi) is 4.49. The fourth-order valence-electron chi connectivity index (χ4n) is 2.77. The highest BCUT2D eigenvalue weighted by Gasteiger charge is 2.07. The van der Waals surface area contributed by atoms with Gasteiger partial charge in [0, 0.05) is 17.6 Å². The monoisotopic (exact) mass is 361 g/mol. The first-order chi connectivity index (χ1) is 13.2. The van der Waals surface area contributed by atoms with Crippen molar-refractivity contribution < 1.29 is 9.18 Å². The van der Waals surface area contributed by atoms with Gasteiger partial charge in [0.25, 0.3) is 0 Å². The van der Waals surface area contributed by atoms with Gasteiger partial charge in [0.15, 0.2) is 0 Å². The maximum absolute atomic E-state index is 13.2. The number of hydrogen-bond donors (Lipinski definition) is 3. The third-order valence-electron chi connectivity index (χ3n) is 4.04. The Morgan fingerprint density at radius 2 is 1.89 bits per heavy atom. The van der Waals surface area contributed by atoms with E-state index in [0.29, 0.717) is 11.5 Å². The molecule has 0 unspecified atom stereocenters. The van der Waals surface area contributed by atoms with E-state index < -0.39 is 0 Å². The molecule has 0 fully saturated rings. The number of halogens is 1. The lowest BCUT2D eigenvalue weighted by molar-refractivity contribution is -0.115. The molecule has 0 atom stereocenters. The molecular weight excluding hydrogens is 345 g/mol.